The van der Waals surface area contributed by atoms with Crippen molar-refractivity contribution >= 4 is 5.52 Å². The van der Waals surface area contributed by atoms with E-state index < -0.39 is 0 Å². The van der Waals surface area contributed by atoms with Crippen molar-refractivity contribution in [1.29, 1.82) is 0 Å². The van der Waals surface area contributed by atoms with Crippen molar-refractivity contribution in [3.63, 3.8) is 0 Å². The Bertz CT molecular complexity index is 542. The molecule has 0 spiro atoms. The smallest absolute Gasteiger partial charge is 0.0706 e. The molecule has 1 N–H and O–H groups in total. The zero-order valence-electron chi connectivity index (χ0n) is 12.3. The van der Waals surface area contributed by atoms with Crippen LogP contribution in [0.25, 0.3) is 5.52 Å². The van der Waals surface area contributed by atoms with Gasteiger partial charge in [-0.2, -0.15) is 5.10 Å². The molecule has 2 aromatic rings. The van der Waals surface area contributed by atoms with Crippen LogP contribution in [0.15, 0.2) is 30.6 Å². The molecule has 0 bridgehead atoms. The number of rotatable bonds is 5. The monoisotopic (exact) mass is 272 g/mol. The van der Waals surface area contributed by atoms with Crippen molar-refractivity contribution in [3.05, 3.63) is 36.2 Å². The van der Waals surface area contributed by atoms with Crippen LogP contribution in [0.4, 0.5) is 0 Å². The van der Waals surface area contributed by atoms with Crippen LogP contribution >= 0.6 is 0 Å². The Morgan fingerprint density at radius 3 is 2.95 bits per heavy atom. The fourth-order valence-corrected chi connectivity index (χ4v) is 3.00. The lowest BCUT2D eigenvalue weighted by Gasteiger charge is -2.29. The minimum absolute atomic E-state index is 0.520. The van der Waals surface area contributed by atoms with E-state index in [9.17, 15) is 0 Å². The van der Waals surface area contributed by atoms with E-state index in [1.165, 1.54) is 43.4 Å². The Hall–Kier alpha value is -1.39. The van der Waals surface area contributed by atoms with Gasteiger partial charge in [0, 0.05) is 30.9 Å². The van der Waals surface area contributed by atoms with Crippen molar-refractivity contribution in [2.75, 3.05) is 19.6 Å². The summed E-state index contributed by atoms with van der Waals surface area (Å²) in [5.41, 5.74) is 2.47. The number of pyridine rings is 1. The molecular weight excluding hydrogens is 248 g/mol. The molecule has 1 aliphatic rings. The molecule has 4 nitrogen and oxygen atoms in total. The summed E-state index contributed by atoms with van der Waals surface area (Å²) in [5.74, 6) is 0. The van der Waals surface area contributed by atoms with E-state index in [0.29, 0.717) is 6.04 Å². The predicted octanol–water partition coefficient (Wildman–Crippen LogP) is 2.30. The summed E-state index contributed by atoms with van der Waals surface area (Å²) in [7, 11) is 0. The number of likely N-dealkylation sites (tertiary alicyclic amines) is 1. The Morgan fingerprint density at radius 1 is 1.25 bits per heavy atom. The minimum atomic E-state index is 0.520. The molecule has 0 aliphatic carbocycles. The number of hydrogen-bond acceptors (Lipinski definition) is 3. The summed E-state index contributed by atoms with van der Waals surface area (Å²) < 4.78 is 1.94. The van der Waals surface area contributed by atoms with Crippen molar-refractivity contribution in [2.45, 2.75) is 38.8 Å². The van der Waals surface area contributed by atoms with Crippen molar-refractivity contribution in [3.8, 4) is 0 Å². The summed E-state index contributed by atoms with van der Waals surface area (Å²) in [6, 6.07) is 6.72. The van der Waals surface area contributed by atoms with Crippen molar-refractivity contribution in [2.24, 2.45) is 0 Å². The van der Waals surface area contributed by atoms with Crippen LogP contribution < -0.4 is 5.32 Å². The van der Waals surface area contributed by atoms with Crippen LogP contribution in [0.2, 0.25) is 0 Å². The van der Waals surface area contributed by atoms with Gasteiger partial charge in [-0.25, -0.2) is 4.52 Å². The Labute approximate surface area is 120 Å². The van der Waals surface area contributed by atoms with E-state index in [4.69, 9.17) is 0 Å². The SMILES string of the molecule is CC(CN1CCCCC1)NCc1cnn2ccccc12. The highest BCUT2D eigenvalue weighted by molar-refractivity contribution is 5.53. The zero-order valence-corrected chi connectivity index (χ0v) is 12.3. The first-order valence-corrected chi connectivity index (χ1v) is 7.70. The van der Waals surface area contributed by atoms with Crippen molar-refractivity contribution < 1.29 is 0 Å². The number of hydrogen-bond donors (Lipinski definition) is 1. The van der Waals surface area contributed by atoms with Crippen LogP contribution in [-0.4, -0.2) is 40.2 Å². The molecule has 2 aromatic heterocycles. The van der Waals surface area contributed by atoms with Gasteiger partial charge in [-0.3, -0.25) is 0 Å². The van der Waals surface area contributed by atoms with Gasteiger partial charge in [0.25, 0.3) is 0 Å². The molecule has 20 heavy (non-hydrogen) atoms. The maximum Gasteiger partial charge on any atom is 0.0706 e. The van der Waals surface area contributed by atoms with Crippen molar-refractivity contribution in [1.82, 2.24) is 19.8 Å². The lowest BCUT2D eigenvalue weighted by Crippen LogP contribution is -2.41. The highest BCUT2D eigenvalue weighted by Crippen LogP contribution is 2.11. The third-order valence-electron chi connectivity index (χ3n) is 4.13. The quantitative estimate of drug-likeness (QED) is 0.906. The molecule has 1 aliphatic heterocycles. The summed E-state index contributed by atoms with van der Waals surface area (Å²) >= 11 is 0. The molecule has 0 saturated carbocycles. The van der Waals surface area contributed by atoms with Gasteiger partial charge in [-0.1, -0.05) is 12.5 Å². The minimum Gasteiger partial charge on any atom is -0.309 e. The molecule has 108 valence electrons. The number of fused-ring (bicyclic) bond motifs is 1. The molecule has 1 fully saturated rings. The summed E-state index contributed by atoms with van der Waals surface area (Å²) in [4.78, 5) is 2.58. The summed E-state index contributed by atoms with van der Waals surface area (Å²) in [6.07, 6.45) is 8.09. The fourth-order valence-electron chi connectivity index (χ4n) is 3.00. The Balaban J connectivity index is 1.53. The molecule has 1 saturated heterocycles. The van der Waals surface area contributed by atoms with Gasteiger partial charge in [0.05, 0.1) is 11.7 Å². The Morgan fingerprint density at radius 2 is 2.10 bits per heavy atom. The zero-order chi connectivity index (χ0) is 13.8. The number of piperidine rings is 1. The summed E-state index contributed by atoms with van der Waals surface area (Å²) in [6.45, 7) is 6.85. The topological polar surface area (TPSA) is 32.6 Å². The molecular formula is C16H24N4. The van der Waals surface area contributed by atoms with Crippen LogP contribution in [0.5, 0.6) is 0 Å². The standard InChI is InChI=1S/C16H24N4/c1-14(13-19-8-4-2-5-9-19)17-11-15-12-18-20-10-6-3-7-16(15)20/h3,6-7,10,12,14,17H,2,4-5,8-9,11,13H2,1H3. The van der Waals surface area contributed by atoms with Gasteiger partial charge in [-0.05, 0) is 45.0 Å². The first-order valence-electron chi connectivity index (χ1n) is 7.70. The van der Waals surface area contributed by atoms with Crippen LogP contribution in [-0.2, 0) is 6.54 Å². The van der Waals surface area contributed by atoms with E-state index in [1.807, 2.05) is 23.0 Å². The second kappa shape index (κ2) is 6.37. The molecule has 0 radical (unpaired) electrons. The largest absolute Gasteiger partial charge is 0.309 e. The highest BCUT2D eigenvalue weighted by atomic mass is 15.2. The second-order valence-electron chi connectivity index (χ2n) is 5.84. The van der Waals surface area contributed by atoms with Gasteiger partial charge in [-0.15, -0.1) is 0 Å². The van der Waals surface area contributed by atoms with Crippen LogP contribution in [0.3, 0.4) is 0 Å². The number of aromatic nitrogens is 2. The van der Waals surface area contributed by atoms with Gasteiger partial charge < -0.3 is 10.2 Å². The van der Waals surface area contributed by atoms with E-state index in [-0.39, 0.29) is 0 Å². The van der Waals surface area contributed by atoms with Gasteiger partial charge in [0.2, 0.25) is 0 Å². The lowest BCUT2D eigenvalue weighted by atomic mass is 10.1. The van der Waals surface area contributed by atoms with Gasteiger partial charge in [0.1, 0.15) is 0 Å². The normalized spacial score (nSPS) is 18.4. The first-order chi connectivity index (χ1) is 9.83. The molecule has 3 rings (SSSR count). The van der Waals surface area contributed by atoms with E-state index in [2.05, 4.69) is 34.4 Å². The van der Waals surface area contributed by atoms with Crippen LogP contribution in [0.1, 0.15) is 31.7 Å². The van der Waals surface area contributed by atoms with Gasteiger partial charge >= 0.3 is 0 Å². The average Bonchev–Trinajstić information content (AvgIpc) is 2.89. The average molecular weight is 272 g/mol. The van der Waals surface area contributed by atoms with Crippen LogP contribution in [0, 0.1) is 0 Å². The lowest BCUT2D eigenvalue weighted by molar-refractivity contribution is 0.209. The number of nitrogens with one attached hydrogen (secondary N) is 1. The molecule has 4 heteroatoms. The summed E-state index contributed by atoms with van der Waals surface area (Å²) in [5, 5.41) is 8.01. The maximum atomic E-state index is 4.38. The van der Waals surface area contributed by atoms with E-state index in [1.54, 1.807) is 0 Å². The molecule has 1 unspecified atom stereocenters. The van der Waals surface area contributed by atoms with Gasteiger partial charge in [0.15, 0.2) is 0 Å². The predicted molar refractivity (Wildman–Crippen MR) is 81.8 cm³/mol. The molecule has 0 amide bonds. The third kappa shape index (κ3) is 3.19. The van der Waals surface area contributed by atoms with E-state index >= 15 is 0 Å². The maximum absolute atomic E-state index is 4.38. The molecule has 3 heterocycles. The second-order valence-corrected chi connectivity index (χ2v) is 5.84. The van der Waals surface area contributed by atoms with E-state index in [0.717, 1.165) is 13.1 Å². The molecule has 1 atom stereocenters. The molecule has 0 aromatic carbocycles. The number of nitrogens with zero attached hydrogens (tertiary/aromatic N) is 3. The Kier molecular flexibility index (Phi) is 4.33. The highest BCUT2D eigenvalue weighted by Gasteiger charge is 2.13. The third-order valence-corrected chi connectivity index (χ3v) is 4.13. The fraction of sp³-hybridized carbons (Fsp3) is 0.562. The first kappa shape index (κ1) is 13.6.